The molecule has 0 saturated heterocycles. The minimum absolute atomic E-state index is 0.0288. The fourth-order valence-corrected chi connectivity index (χ4v) is 3.39. The van der Waals surface area contributed by atoms with Crippen LogP contribution >= 0.6 is 0 Å². The summed E-state index contributed by atoms with van der Waals surface area (Å²) in [7, 11) is 0. The van der Waals surface area contributed by atoms with Crippen LogP contribution in [0.15, 0.2) is 66.9 Å². The molecule has 0 N–H and O–H groups in total. The normalized spacial score (nSPS) is 13.4. The van der Waals surface area contributed by atoms with Gasteiger partial charge >= 0.3 is 0 Å². The molecule has 1 aromatic heterocycles. The summed E-state index contributed by atoms with van der Waals surface area (Å²) in [4.78, 5) is 19.5. The zero-order valence-corrected chi connectivity index (χ0v) is 14.3. The van der Waals surface area contributed by atoms with E-state index in [0.717, 1.165) is 30.9 Å². The van der Waals surface area contributed by atoms with Crippen LogP contribution in [0.25, 0.3) is 0 Å². The lowest BCUT2D eigenvalue weighted by Gasteiger charge is -2.30. The molecule has 3 nitrogen and oxygen atoms in total. The molecule has 0 bridgehead atoms. The molecule has 0 radical (unpaired) electrons. The number of rotatable bonds is 3. The van der Waals surface area contributed by atoms with E-state index in [1.54, 1.807) is 6.20 Å². The van der Waals surface area contributed by atoms with Gasteiger partial charge in [0, 0.05) is 30.4 Å². The smallest absolute Gasteiger partial charge is 0.194 e. The predicted molar refractivity (Wildman–Crippen MR) is 100 cm³/mol. The number of hydrogen-bond donors (Lipinski definition) is 0. The summed E-state index contributed by atoms with van der Waals surface area (Å²) in [5, 5.41) is 0. The molecule has 3 heteroatoms. The van der Waals surface area contributed by atoms with Crippen LogP contribution in [0.4, 0.5) is 5.82 Å². The molecule has 1 aliphatic rings. The fraction of sp³-hybridized carbons (Fsp3) is 0.182. The molecule has 124 valence electrons. The van der Waals surface area contributed by atoms with Gasteiger partial charge in [0.1, 0.15) is 5.82 Å². The van der Waals surface area contributed by atoms with Gasteiger partial charge in [-0.15, -0.1) is 0 Å². The maximum absolute atomic E-state index is 12.7. The summed E-state index contributed by atoms with van der Waals surface area (Å²) in [5.74, 6) is 0.970. The van der Waals surface area contributed by atoms with E-state index in [0.29, 0.717) is 11.1 Å². The first kappa shape index (κ1) is 15.6. The van der Waals surface area contributed by atoms with Crippen molar-refractivity contribution in [3.05, 3.63) is 94.7 Å². The van der Waals surface area contributed by atoms with Crippen molar-refractivity contribution in [1.82, 2.24) is 4.98 Å². The molecule has 4 rings (SSSR count). The standard InChI is InChI=1S/C22H20N2O/c1-16-13-21(24-12-11-17-7-5-6-10-19(17)15-24)23-14-20(16)22(25)18-8-3-2-4-9-18/h2-10,13-14H,11-12,15H2,1H3. The molecular weight excluding hydrogens is 308 g/mol. The van der Waals surface area contributed by atoms with Crippen molar-refractivity contribution >= 4 is 11.6 Å². The lowest BCUT2D eigenvalue weighted by molar-refractivity contribution is 0.103. The second-order valence-corrected chi connectivity index (χ2v) is 6.49. The lowest BCUT2D eigenvalue weighted by atomic mass is 9.99. The molecule has 25 heavy (non-hydrogen) atoms. The van der Waals surface area contributed by atoms with Gasteiger partial charge in [-0.3, -0.25) is 4.79 Å². The van der Waals surface area contributed by atoms with Gasteiger partial charge < -0.3 is 4.90 Å². The van der Waals surface area contributed by atoms with Gasteiger partial charge in [-0.05, 0) is 36.1 Å². The van der Waals surface area contributed by atoms with Crippen LogP contribution in [-0.2, 0) is 13.0 Å². The number of carbonyl (C=O) groups is 1. The van der Waals surface area contributed by atoms with Crippen LogP contribution in [0.3, 0.4) is 0 Å². The van der Waals surface area contributed by atoms with E-state index in [1.165, 1.54) is 11.1 Å². The number of nitrogens with zero attached hydrogens (tertiary/aromatic N) is 2. The molecule has 3 aromatic rings. The molecule has 2 aromatic carbocycles. The highest BCUT2D eigenvalue weighted by atomic mass is 16.1. The van der Waals surface area contributed by atoms with Crippen LogP contribution in [0.5, 0.6) is 0 Å². The molecule has 1 aliphatic heterocycles. The van der Waals surface area contributed by atoms with E-state index in [2.05, 4.69) is 34.1 Å². The summed E-state index contributed by atoms with van der Waals surface area (Å²) < 4.78 is 0. The quantitative estimate of drug-likeness (QED) is 0.676. The maximum Gasteiger partial charge on any atom is 0.194 e. The first-order valence-corrected chi connectivity index (χ1v) is 8.60. The van der Waals surface area contributed by atoms with Gasteiger partial charge in [0.05, 0.1) is 0 Å². The van der Waals surface area contributed by atoms with Gasteiger partial charge in [0.15, 0.2) is 5.78 Å². The Bertz CT molecular complexity index is 918. The molecule has 0 unspecified atom stereocenters. The summed E-state index contributed by atoms with van der Waals surface area (Å²) in [6, 6.07) is 20.0. The average Bonchev–Trinajstić information content (AvgIpc) is 2.67. The van der Waals surface area contributed by atoms with Crippen LogP contribution < -0.4 is 4.90 Å². The second-order valence-electron chi connectivity index (χ2n) is 6.49. The molecule has 0 atom stereocenters. The number of pyridine rings is 1. The Balaban J connectivity index is 1.60. The Labute approximate surface area is 148 Å². The Morgan fingerprint density at radius 3 is 2.48 bits per heavy atom. The zero-order chi connectivity index (χ0) is 17.2. The Hall–Kier alpha value is -2.94. The van der Waals surface area contributed by atoms with Crippen molar-refractivity contribution in [1.29, 1.82) is 0 Å². The highest BCUT2D eigenvalue weighted by Gasteiger charge is 2.19. The van der Waals surface area contributed by atoms with Gasteiger partial charge in [-0.1, -0.05) is 54.6 Å². The lowest BCUT2D eigenvalue weighted by Crippen LogP contribution is -2.31. The number of ketones is 1. The first-order chi connectivity index (χ1) is 12.2. The van der Waals surface area contributed by atoms with Crippen LogP contribution in [-0.4, -0.2) is 17.3 Å². The summed E-state index contributed by atoms with van der Waals surface area (Å²) in [6.07, 6.45) is 2.75. The Morgan fingerprint density at radius 2 is 1.72 bits per heavy atom. The van der Waals surface area contributed by atoms with Gasteiger partial charge in [0.25, 0.3) is 0 Å². The third-order valence-corrected chi connectivity index (χ3v) is 4.83. The van der Waals surface area contributed by atoms with Gasteiger partial charge in [-0.2, -0.15) is 0 Å². The minimum Gasteiger partial charge on any atom is -0.352 e. The highest BCUT2D eigenvalue weighted by molar-refractivity contribution is 6.09. The number of aryl methyl sites for hydroxylation is 1. The van der Waals surface area contributed by atoms with E-state index in [4.69, 9.17) is 0 Å². The van der Waals surface area contributed by atoms with Crippen LogP contribution in [0.1, 0.15) is 32.6 Å². The average molecular weight is 328 g/mol. The molecule has 0 amide bonds. The molecule has 2 heterocycles. The Kier molecular flexibility index (Phi) is 4.06. The predicted octanol–water partition coefficient (Wildman–Crippen LogP) is 4.18. The summed E-state index contributed by atoms with van der Waals surface area (Å²) in [6.45, 7) is 3.81. The van der Waals surface area contributed by atoms with E-state index in [1.807, 2.05) is 43.3 Å². The topological polar surface area (TPSA) is 33.2 Å². The molecule has 0 spiro atoms. The largest absolute Gasteiger partial charge is 0.352 e. The van der Waals surface area contributed by atoms with E-state index in [-0.39, 0.29) is 5.78 Å². The van der Waals surface area contributed by atoms with Crippen molar-refractivity contribution in [2.75, 3.05) is 11.4 Å². The van der Waals surface area contributed by atoms with Crippen molar-refractivity contribution < 1.29 is 4.79 Å². The monoisotopic (exact) mass is 328 g/mol. The minimum atomic E-state index is 0.0288. The number of fused-ring (bicyclic) bond motifs is 1. The summed E-state index contributed by atoms with van der Waals surface area (Å²) >= 11 is 0. The van der Waals surface area contributed by atoms with E-state index in [9.17, 15) is 4.79 Å². The van der Waals surface area contributed by atoms with Crippen molar-refractivity contribution in [2.24, 2.45) is 0 Å². The number of carbonyl (C=O) groups excluding carboxylic acids is 1. The fourth-order valence-electron chi connectivity index (χ4n) is 3.39. The zero-order valence-electron chi connectivity index (χ0n) is 14.3. The van der Waals surface area contributed by atoms with E-state index < -0.39 is 0 Å². The Morgan fingerprint density at radius 1 is 1.00 bits per heavy atom. The third-order valence-electron chi connectivity index (χ3n) is 4.83. The summed E-state index contributed by atoms with van der Waals surface area (Å²) in [5.41, 5.74) is 5.13. The van der Waals surface area contributed by atoms with Crippen LogP contribution in [0.2, 0.25) is 0 Å². The number of aromatic nitrogens is 1. The van der Waals surface area contributed by atoms with Crippen molar-refractivity contribution in [2.45, 2.75) is 19.9 Å². The van der Waals surface area contributed by atoms with Crippen molar-refractivity contribution in [3.8, 4) is 0 Å². The number of benzene rings is 2. The van der Waals surface area contributed by atoms with Crippen molar-refractivity contribution in [3.63, 3.8) is 0 Å². The highest BCUT2D eigenvalue weighted by Crippen LogP contribution is 2.25. The first-order valence-electron chi connectivity index (χ1n) is 8.60. The number of hydrogen-bond acceptors (Lipinski definition) is 3. The molecule has 0 fully saturated rings. The third kappa shape index (κ3) is 3.05. The number of anilines is 1. The van der Waals surface area contributed by atoms with E-state index >= 15 is 0 Å². The van der Waals surface area contributed by atoms with Gasteiger partial charge in [0.2, 0.25) is 0 Å². The SMILES string of the molecule is Cc1cc(N2CCc3ccccc3C2)ncc1C(=O)c1ccccc1. The maximum atomic E-state index is 12.7. The van der Waals surface area contributed by atoms with Gasteiger partial charge in [-0.25, -0.2) is 4.98 Å². The molecule has 0 aliphatic carbocycles. The molecule has 0 saturated carbocycles. The van der Waals surface area contributed by atoms with Crippen LogP contribution in [0, 0.1) is 6.92 Å². The molecular formula is C22H20N2O. The second kappa shape index (κ2) is 6.52.